The molecule has 0 saturated heterocycles. The zero-order valence-electron chi connectivity index (χ0n) is 12.0. The van der Waals surface area contributed by atoms with Crippen LogP contribution in [0.3, 0.4) is 0 Å². The summed E-state index contributed by atoms with van der Waals surface area (Å²) in [7, 11) is 4.10. The van der Waals surface area contributed by atoms with Crippen LogP contribution in [0, 0.1) is 6.92 Å². The first-order chi connectivity index (χ1) is 9.65. The molecule has 0 saturated carbocycles. The van der Waals surface area contributed by atoms with Gasteiger partial charge in [0, 0.05) is 12.1 Å². The number of hydrogen-bond acceptors (Lipinski definition) is 3. The molecular formula is C16H18N4. The van der Waals surface area contributed by atoms with E-state index < -0.39 is 0 Å². The highest BCUT2D eigenvalue weighted by Gasteiger charge is 2.10. The largest absolute Gasteiger partial charge is 0.304 e. The van der Waals surface area contributed by atoms with Gasteiger partial charge in [0.15, 0.2) is 5.65 Å². The highest BCUT2D eigenvalue weighted by atomic mass is 15.3. The predicted molar refractivity (Wildman–Crippen MR) is 80.6 cm³/mol. The van der Waals surface area contributed by atoms with E-state index in [1.54, 1.807) is 0 Å². The molecule has 1 aromatic carbocycles. The van der Waals surface area contributed by atoms with Gasteiger partial charge in [-0.2, -0.15) is 5.10 Å². The van der Waals surface area contributed by atoms with Crippen LogP contribution < -0.4 is 0 Å². The molecule has 0 spiro atoms. The lowest BCUT2D eigenvalue weighted by Gasteiger charge is -2.10. The number of nitrogens with zero attached hydrogens (tertiary/aromatic N) is 4. The molecule has 0 aliphatic rings. The summed E-state index contributed by atoms with van der Waals surface area (Å²) in [6, 6.07) is 12.3. The normalized spacial score (nSPS) is 11.4. The zero-order chi connectivity index (χ0) is 14.1. The standard InChI is InChI=1S/C16H18N4/c1-12-9-15(13-7-5-4-6-8-13)18-20-14(11-19(2)3)10-17-16(12)20/h4-10H,11H2,1-3H3. The van der Waals surface area contributed by atoms with Crippen LogP contribution in [0.25, 0.3) is 16.9 Å². The summed E-state index contributed by atoms with van der Waals surface area (Å²) in [5.74, 6) is 0. The fourth-order valence-electron chi connectivity index (χ4n) is 2.35. The molecule has 20 heavy (non-hydrogen) atoms. The Hall–Kier alpha value is -2.20. The van der Waals surface area contributed by atoms with E-state index in [0.717, 1.165) is 34.7 Å². The minimum absolute atomic E-state index is 0.825. The molecule has 0 unspecified atom stereocenters. The van der Waals surface area contributed by atoms with Crippen LogP contribution in [-0.4, -0.2) is 33.6 Å². The number of benzene rings is 1. The number of aryl methyl sites for hydroxylation is 1. The molecule has 2 heterocycles. The molecule has 0 amide bonds. The fourth-order valence-corrected chi connectivity index (χ4v) is 2.35. The highest BCUT2D eigenvalue weighted by Crippen LogP contribution is 2.20. The van der Waals surface area contributed by atoms with Gasteiger partial charge in [0.25, 0.3) is 0 Å². The third-order valence-corrected chi connectivity index (χ3v) is 3.27. The lowest BCUT2D eigenvalue weighted by molar-refractivity contribution is 0.393. The van der Waals surface area contributed by atoms with Crippen LogP contribution in [-0.2, 0) is 6.54 Å². The second-order valence-electron chi connectivity index (χ2n) is 5.30. The molecule has 0 aliphatic heterocycles. The van der Waals surface area contributed by atoms with E-state index in [-0.39, 0.29) is 0 Å². The minimum Gasteiger partial charge on any atom is -0.304 e. The van der Waals surface area contributed by atoms with Crippen molar-refractivity contribution in [2.24, 2.45) is 0 Å². The molecule has 102 valence electrons. The van der Waals surface area contributed by atoms with Gasteiger partial charge in [0.1, 0.15) is 0 Å². The van der Waals surface area contributed by atoms with Crippen LogP contribution in [0.1, 0.15) is 11.3 Å². The average Bonchev–Trinajstić information content (AvgIpc) is 2.83. The third-order valence-electron chi connectivity index (χ3n) is 3.27. The topological polar surface area (TPSA) is 33.4 Å². The van der Waals surface area contributed by atoms with E-state index in [0.29, 0.717) is 0 Å². The maximum Gasteiger partial charge on any atom is 0.156 e. The molecular weight excluding hydrogens is 248 g/mol. The van der Waals surface area contributed by atoms with Crippen molar-refractivity contribution in [1.29, 1.82) is 0 Å². The third kappa shape index (κ3) is 2.30. The van der Waals surface area contributed by atoms with Crippen molar-refractivity contribution in [3.63, 3.8) is 0 Å². The predicted octanol–water partition coefficient (Wildman–Crippen LogP) is 2.77. The van der Waals surface area contributed by atoms with E-state index in [9.17, 15) is 0 Å². The van der Waals surface area contributed by atoms with Crippen molar-refractivity contribution >= 4 is 5.65 Å². The maximum absolute atomic E-state index is 4.75. The smallest absolute Gasteiger partial charge is 0.156 e. The molecule has 4 heteroatoms. The molecule has 0 radical (unpaired) electrons. The van der Waals surface area contributed by atoms with Crippen molar-refractivity contribution in [1.82, 2.24) is 19.5 Å². The van der Waals surface area contributed by atoms with Crippen molar-refractivity contribution in [2.75, 3.05) is 14.1 Å². The van der Waals surface area contributed by atoms with Gasteiger partial charge >= 0.3 is 0 Å². The van der Waals surface area contributed by atoms with E-state index in [4.69, 9.17) is 5.10 Å². The molecule has 0 aliphatic carbocycles. The van der Waals surface area contributed by atoms with Gasteiger partial charge in [-0.05, 0) is 32.6 Å². The zero-order valence-corrected chi connectivity index (χ0v) is 12.0. The van der Waals surface area contributed by atoms with Gasteiger partial charge in [0.2, 0.25) is 0 Å². The molecule has 0 N–H and O–H groups in total. The van der Waals surface area contributed by atoms with E-state index in [1.165, 1.54) is 0 Å². The Kier molecular flexibility index (Phi) is 3.24. The molecule has 0 fully saturated rings. The van der Waals surface area contributed by atoms with Crippen molar-refractivity contribution in [3.05, 3.63) is 53.9 Å². The second-order valence-corrected chi connectivity index (χ2v) is 5.30. The summed E-state index contributed by atoms with van der Waals surface area (Å²) >= 11 is 0. The number of rotatable bonds is 3. The summed E-state index contributed by atoms with van der Waals surface area (Å²) in [4.78, 5) is 6.60. The summed E-state index contributed by atoms with van der Waals surface area (Å²) < 4.78 is 1.96. The van der Waals surface area contributed by atoms with E-state index >= 15 is 0 Å². The minimum atomic E-state index is 0.825. The van der Waals surface area contributed by atoms with Crippen molar-refractivity contribution in [2.45, 2.75) is 13.5 Å². The second kappa shape index (κ2) is 5.06. The van der Waals surface area contributed by atoms with E-state index in [2.05, 4.69) is 35.0 Å². The Morgan fingerprint density at radius 2 is 1.90 bits per heavy atom. The van der Waals surface area contributed by atoms with Gasteiger partial charge in [-0.3, -0.25) is 0 Å². The van der Waals surface area contributed by atoms with Gasteiger partial charge < -0.3 is 4.90 Å². The van der Waals surface area contributed by atoms with Crippen LogP contribution in [0.2, 0.25) is 0 Å². The number of imidazole rings is 1. The van der Waals surface area contributed by atoms with Crippen LogP contribution >= 0.6 is 0 Å². The van der Waals surface area contributed by atoms with Gasteiger partial charge in [-0.1, -0.05) is 30.3 Å². The Balaban J connectivity index is 2.16. The molecule has 2 aromatic heterocycles. The van der Waals surface area contributed by atoms with Gasteiger partial charge in [-0.15, -0.1) is 0 Å². The average molecular weight is 266 g/mol. The number of hydrogen-bond donors (Lipinski definition) is 0. The SMILES string of the molecule is Cc1cc(-c2ccccc2)nn2c(CN(C)C)cnc12. The summed E-state index contributed by atoms with van der Waals surface area (Å²) in [5.41, 5.74) is 5.28. The number of aromatic nitrogens is 3. The molecule has 3 aromatic rings. The van der Waals surface area contributed by atoms with Gasteiger partial charge in [-0.25, -0.2) is 9.50 Å². The monoisotopic (exact) mass is 266 g/mol. The maximum atomic E-state index is 4.75. The molecule has 4 nitrogen and oxygen atoms in total. The van der Waals surface area contributed by atoms with Crippen molar-refractivity contribution in [3.8, 4) is 11.3 Å². The quantitative estimate of drug-likeness (QED) is 0.731. The van der Waals surface area contributed by atoms with E-state index in [1.807, 2.05) is 43.0 Å². The first kappa shape index (κ1) is 12.8. The Labute approximate surface area is 118 Å². The van der Waals surface area contributed by atoms with Crippen LogP contribution in [0.15, 0.2) is 42.6 Å². The van der Waals surface area contributed by atoms with Crippen molar-refractivity contribution < 1.29 is 0 Å². The number of fused-ring (bicyclic) bond motifs is 1. The molecule has 0 atom stereocenters. The Morgan fingerprint density at radius 1 is 1.15 bits per heavy atom. The lowest BCUT2D eigenvalue weighted by atomic mass is 10.1. The first-order valence-electron chi connectivity index (χ1n) is 6.69. The van der Waals surface area contributed by atoms with Gasteiger partial charge in [0.05, 0.1) is 17.6 Å². The Bertz CT molecular complexity index is 729. The highest BCUT2D eigenvalue weighted by molar-refractivity contribution is 5.62. The molecule has 3 rings (SSSR count). The first-order valence-corrected chi connectivity index (χ1v) is 6.69. The summed E-state index contributed by atoms with van der Waals surface area (Å²) in [6.07, 6.45) is 1.91. The summed E-state index contributed by atoms with van der Waals surface area (Å²) in [6.45, 7) is 2.90. The van der Waals surface area contributed by atoms with Crippen LogP contribution in [0.5, 0.6) is 0 Å². The molecule has 0 bridgehead atoms. The lowest BCUT2D eigenvalue weighted by Crippen LogP contribution is -2.13. The summed E-state index contributed by atoms with van der Waals surface area (Å²) in [5, 5.41) is 4.75. The van der Waals surface area contributed by atoms with Crippen LogP contribution in [0.4, 0.5) is 0 Å². The fraction of sp³-hybridized carbons (Fsp3) is 0.250. The Morgan fingerprint density at radius 3 is 2.60 bits per heavy atom.